The molecule has 1 heterocycles. The molecular formula is C10H18N2O. The second kappa shape index (κ2) is 3.29. The lowest BCUT2D eigenvalue weighted by Gasteiger charge is -2.38. The van der Waals surface area contributed by atoms with Crippen molar-refractivity contribution in [3.05, 3.63) is 0 Å². The van der Waals surface area contributed by atoms with E-state index >= 15 is 0 Å². The fourth-order valence-electron chi connectivity index (χ4n) is 2.03. The molecule has 1 saturated heterocycles. The molecule has 1 unspecified atom stereocenters. The molecule has 3 nitrogen and oxygen atoms in total. The van der Waals surface area contributed by atoms with Crippen LogP contribution in [0.1, 0.15) is 19.8 Å². The topological polar surface area (TPSA) is 23.6 Å². The number of hydrogen-bond acceptors (Lipinski definition) is 2. The first-order chi connectivity index (χ1) is 6.18. The van der Waals surface area contributed by atoms with Crippen molar-refractivity contribution in [2.75, 3.05) is 26.7 Å². The van der Waals surface area contributed by atoms with Crippen LogP contribution in [0.3, 0.4) is 0 Å². The van der Waals surface area contributed by atoms with Gasteiger partial charge in [0.15, 0.2) is 0 Å². The summed E-state index contributed by atoms with van der Waals surface area (Å²) < 4.78 is 0. The number of nitrogens with zero attached hydrogens (tertiary/aromatic N) is 2. The van der Waals surface area contributed by atoms with E-state index in [0.29, 0.717) is 17.9 Å². The van der Waals surface area contributed by atoms with Crippen molar-refractivity contribution in [3.8, 4) is 0 Å². The first-order valence-electron chi connectivity index (χ1n) is 5.17. The number of rotatable bonds is 1. The highest BCUT2D eigenvalue weighted by atomic mass is 16.2. The van der Waals surface area contributed by atoms with E-state index in [2.05, 4.69) is 23.8 Å². The third kappa shape index (κ3) is 1.85. The number of piperazine rings is 1. The third-order valence-electron chi connectivity index (χ3n) is 3.04. The quantitative estimate of drug-likeness (QED) is 0.591. The Morgan fingerprint density at radius 2 is 2.00 bits per heavy atom. The van der Waals surface area contributed by atoms with Crippen LogP contribution in [0.5, 0.6) is 0 Å². The van der Waals surface area contributed by atoms with Gasteiger partial charge in [0.1, 0.15) is 0 Å². The van der Waals surface area contributed by atoms with Crippen LogP contribution in [0.15, 0.2) is 0 Å². The largest absolute Gasteiger partial charge is 0.337 e. The zero-order chi connectivity index (χ0) is 9.42. The second-order valence-electron chi connectivity index (χ2n) is 4.42. The fourth-order valence-corrected chi connectivity index (χ4v) is 2.03. The molecule has 0 radical (unpaired) electrons. The average Bonchev–Trinajstić information content (AvgIpc) is 2.85. The van der Waals surface area contributed by atoms with E-state index in [9.17, 15) is 4.79 Å². The highest BCUT2D eigenvalue weighted by molar-refractivity contribution is 5.81. The van der Waals surface area contributed by atoms with Gasteiger partial charge in [-0.3, -0.25) is 4.79 Å². The van der Waals surface area contributed by atoms with Crippen LogP contribution in [-0.2, 0) is 4.79 Å². The summed E-state index contributed by atoms with van der Waals surface area (Å²) in [6, 6.07) is 0.409. The van der Waals surface area contributed by atoms with Crippen LogP contribution in [-0.4, -0.2) is 48.4 Å². The molecular weight excluding hydrogens is 164 g/mol. The maximum Gasteiger partial charge on any atom is 0.226 e. The van der Waals surface area contributed by atoms with E-state index in [1.807, 2.05) is 0 Å². The molecule has 0 aromatic heterocycles. The molecule has 1 amide bonds. The third-order valence-corrected chi connectivity index (χ3v) is 3.04. The second-order valence-corrected chi connectivity index (χ2v) is 4.42. The van der Waals surface area contributed by atoms with Crippen molar-refractivity contribution in [2.24, 2.45) is 5.92 Å². The van der Waals surface area contributed by atoms with Gasteiger partial charge < -0.3 is 9.80 Å². The number of amides is 1. The van der Waals surface area contributed by atoms with Gasteiger partial charge in [-0.15, -0.1) is 0 Å². The van der Waals surface area contributed by atoms with Crippen molar-refractivity contribution in [2.45, 2.75) is 25.8 Å². The van der Waals surface area contributed by atoms with E-state index in [4.69, 9.17) is 0 Å². The van der Waals surface area contributed by atoms with Crippen molar-refractivity contribution in [1.82, 2.24) is 9.80 Å². The number of likely N-dealkylation sites (N-methyl/N-ethyl adjacent to an activating group) is 1. The molecule has 0 aromatic carbocycles. The molecule has 74 valence electrons. The lowest BCUT2D eigenvalue weighted by Crippen LogP contribution is -2.53. The Kier molecular flexibility index (Phi) is 2.28. The Morgan fingerprint density at radius 3 is 2.54 bits per heavy atom. The summed E-state index contributed by atoms with van der Waals surface area (Å²) in [5, 5.41) is 0. The lowest BCUT2D eigenvalue weighted by atomic mass is 10.2. The standard InChI is InChI=1S/C10H18N2O/c1-8-7-11(2)5-6-12(8)10(13)9-3-4-9/h8-9H,3-7H2,1-2H3. The van der Waals surface area contributed by atoms with Gasteiger partial charge in [-0.1, -0.05) is 0 Å². The Balaban J connectivity index is 1.94. The summed E-state index contributed by atoms with van der Waals surface area (Å²) in [6.07, 6.45) is 2.25. The molecule has 3 heteroatoms. The number of carbonyl (C=O) groups excluding carboxylic acids is 1. The summed E-state index contributed by atoms with van der Waals surface area (Å²) >= 11 is 0. The van der Waals surface area contributed by atoms with Gasteiger partial charge in [0.2, 0.25) is 5.91 Å². The fraction of sp³-hybridized carbons (Fsp3) is 0.900. The zero-order valence-electron chi connectivity index (χ0n) is 8.49. The molecule has 2 fully saturated rings. The molecule has 1 aliphatic heterocycles. The minimum absolute atomic E-state index is 0.380. The van der Waals surface area contributed by atoms with Gasteiger partial charge in [-0.2, -0.15) is 0 Å². The molecule has 0 bridgehead atoms. The molecule has 1 aliphatic carbocycles. The summed E-state index contributed by atoms with van der Waals surface area (Å²) in [7, 11) is 2.12. The Hall–Kier alpha value is -0.570. The smallest absolute Gasteiger partial charge is 0.226 e. The van der Waals surface area contributed by atoms with E-state index in [1.165, 1.54) is 0 Å². The van der Waals surface area contributed by atoms with Gasteiger partial charge in [0.25, 0.3) is 0 Å². The molecule has 2 rings (SSSR count). The minimum Gasteiger partial charge on any atom is -0.337 e. The summed E-state index contributed by atoms with van der Waals surface area (Å²) in [5.74, 6) is 0.784. The minimum atomic E-state index is 0.380. The van der Waals surface area contributed by atoms with Gasteiger partial charge in [0.05, 0.1) is 0 Å². The Morgan fingerprint density at radius 1 is 1.31 bits per heavy atom. The van der Waals surface area contributed by atoms with Gasteiger partial charge in [-0.25, -0.2) is 0 Å². The molecule has 1 atom stereocenters. The molecule has 0 N–H and O–H groups in total. The Labute approximate surface area is 79.7 Å². The van der Waals surface area contributed by atoms with Gasteiger partial charge >= 0.3 is 0 Å². The molecule has 0 spiro atoms. The van der Waals surface area contributed by atoms with E-state index in [1.54, 1.807) is 0 Å². The van der Waals surface area contributed by atoms with Gasteiger partial charge in [0, 0.05) is 31.6 Å². The first-order valence-corrected chi connectivity index (χ1v) is 5.17. The predicted molar refractivity (Wildman–Crippen MR) is 51.4 cm³/mol. The van der Waals surface area contributed by atoms with Crippen LogP contribution in [0.2, 0.25) is 0 Å². The van der Waals surface area contributed by atoms with E-state index in [0.717, 1.165) is 32.5 Å². The van der Waals surface area contributed by atoms with Crippen LogP contribution in [0.25, 0.3) is 0 Å². The SMILES string of the molecule is CC1CN(C)CCN1C(=O)C1CC1. The summed E-state index contributed by atoms with van der Waals surface area (Å²) in [5.41, 5.74) is 0. The zero-order valence-corrected chi connectivity index (χ0v) is 8.49. The van der Waals surface area contributed by atoms with Crippen molar-refractivity contribution >= 4 is 5.91 Å². The predicted octanol–water partition coefficient (Wildman–Crippen LogP) is 0.559. The van der Waals surface area contributed by atoms with Crippen LogP contribution < -0.4 is 0 Å². The van der Waals surface area contributed by atoms with Gasteiger partial charge in [-0.05, 0) is 26.8 Å². The summed E-state index contributed by atoms with van der Waals surface area (Å²) in [6.45, 7) is 5.13. The maximum absolute atomic E-state index is 11.8. The highest BCUT2D eigenvalue weighted by Gasteiger charge is 2.36. The number of carbonyl (C=O) groups is 1. The monoisotopic (exact) mass is 182 g/mol. The normalized spacial score (nSPS) is 30.6. The molecule has 0 aromatic rings. The van der Waals surface area contributed by atoms with E-state index in [-0.39, 0.29) is 0 Å². The lowest BCUT2D eigenvalue weighted by molar-refractivity contribution is -0.136. The molecule has 1 saturated carbocycles. The highest BCUT2D eigenvalue weighted by Crippen LogP contribution is 2.32. The maximum atomic E-state index is 11.8. The first kappa shape index (κ1) is 9.00. The van der Waals surface area contributed by atoms with Crippen LogP contribution in [0, 0.1) is 5.92 Å². The average molecular weight is 182 g/mol. The van der Waals surface area contributed by atoms with Crippen molar-refractivity contribution in [1.29, 1.82) is 0 Å². The molecule has 13 heavy (non-hydrogen) atoms. The van der Waals surface area contributed by atoms with Crippen LogP contribution >= 0.6 is 0 Å². The van der Waals surface area contributed by atoms with Crippen molar-refractivity contribution in [3.63, 3.8) is 0 Å². The number of hydrogen-bond donors (Lipinski definition) is 0. The van der Waals surface area contributed by atoms with Crippen molar-refractivity contribution < 1.29 is 4.79 Å². The molecule has 2 aliphatic rings. The van der Waals surface area contributed by atoms with E-state index < -0.39 is 0 Å². The Bertz CT molecular complexity index is 213. The summed E-state index contributed by atoms with van der Waals surface area (Å²) in [4.78, 5) is 16.1. The van der Waals surface area contributed by atoms with Crippen LogP contribution in [0.4, 0.5) is 0 Å².